The SMILES string of the molecule is Cn1ccc(=O)n(CCC2OCCCO2)c1=O. The topological polar surface area (TPSA) is 62.5 Å². The highest BCUT2D eigenvalue weighted by molar-refractivity contribution is 4.85. The summed E-state index contributed by atoms with van der Waals surface area (Å²) in [7, 11) is 1.62. The molecular weight excluding hydrogens is 224 g/mol. The van der Waals surface area contributed by atoms with Crippen LogP contribution in [0.15, 0.2) is 21.9 Å². The summed E-state index contributed by atoms with van der Waals surface area (Å²) in [6.45, 7) is 1.66. The third-order valence-corrected chi connectivity index (χ3v) is 2.72. The standard InChI is InChI=1S/C11H16N2O4/c1-12-5-3-9(14)13(11(12)15)6-4-10-16-7-2-8-17-10/h3,5,10H,2,4,6-8H2,1H3. The van der Waals surface area contributed by atoms with Gasteiger partial charge < -0.3 is 14.0 Å². The number of hydrogen-bond acceptors (Lipinski definition) is 4. The Morgan fingerprint density at radius 2 is 2.06 bits per heavy atom. The molecule has 1 aliphatic rings. The second kappa shape index (κ2) is 5.29. The fourth-order valence-corrected chi connectivity index (χ4v) is 1.76. The van der Waals surface area contributed by atoms with Crippen LogP contribution in [0.1, 0.15) is 12.8 Å². The number of aryl methyl sites for hydroxylation is 1. The van der Waals surface area contributed by atoms with Gasteiger partial charge in [0.1, 0.15) is 0 Å². The summed E-state index contributed by atoms with van der Waals surface area (Å²) in [6.07, 6.45) is 2.57. The van der Waals surface area contributed by atoms with Crippen molar-refractivity contribution in [2.45, 2.75) is 25.7 Å². The van der Waals surface area contributed by atoms with Crippen molar-refractivity contribution in [1.29, 1.82) is 0 Å². The molecular formula is C11H16N2O4. The van der Waals surface area contributed by atoms with Crippen molar-refractivity contribution >= 4 is 0 Å². The van der Waals surface area contributed by atoms with Crippen molar-refractivity contribution in [3.63, 3.8) is 0 Å². The van der Waals surface area contributed by atoms with Crippen LogP contribution in [0.25, 0.3) is 0 Å². The molecule has 0 aromatic carbocycles. The third kappa shape index (κ3) is 2.83. The van der Waals surface area contributed by atoms with Crippen LogP contribution in [0, 0.1) is 0 Å². The van der Waals surface area contributed by atoms with Crippen LogP contribution in [0.2, 0.25) is 0 Å². The number of hydrogen-bond donors (Lipinski definition) is 0. The Labute approximate surface area is 98.4 Å². The first kappa shape index (κ1) is 12.1. The molecule has 94 valence electrons. The van der Waals surface area contributed by atoms with E-state index in [1.165, 1.54) is 21.4 Å². The van der Waals surface area contributed by atoms with Gasteiger partial charge in [-0.2, -0.15) is 0 Å². The van der Waals surface area contributed by atoms with Gasteiger partial charge in [-0.1, -0.05) is 0 Å². The Kier molecular flexibility index (Phi) is 3.75. The van der Waals surface area contributed by atoms with Crippen molar-refractivity contribution in [3.05, 3.63) is 33.1 Å². The van der Waals surface area contributed by atoms with Gasteiger partial charge in [-0.05, 0) is 6.42 Å². The van der Waals surface area contributed by atoms with Crippen LogP contribution in [0.3, 0.4) is 0 Å². The molecule has 1 aromatic heterocycles. The minimum Gasteiger partial charge on any atom is -0.353 e. The van der Waals surface area contributed by atoms with Gasteiger partial charge in [0.2, 0.25) is 0 Å². The van der Waals surface area contributed by atoms with Crippen LogP contribution in [0.5, 0.6) is 0 Å². The molecule has 0 amide bonds. The lowest BCUT2D eigenvalue weighted by atomic mass is 10.3. The first-order chi connectivity index (χ1) is 8.18. The first-order valence-electron chi connectivity index (χ1n) is 5.68. The molecule has 0 N–H and O–H groups in total. The molecule has 6 heteroatoms. The van der Waals surface area contributed by atoms with Gasteiger partial charge >= 0.3 is 5.69 Å². The summed E-state index contributed by atoms with van der Waals surface area (Å²) >= 11 is 0. The zero-order valence-electron chi connectivity index (χ0n) is 9.80. The van der Waals surface area contributed by atoms with Gasteiger partial charge in [0.15, 0.2) is 6.29 Å². The average Bonchev–Trinajstić information content (AvgIpc) is 2.35. The predicted molar refractivity (Wildman–Crippen MR) is 60.9 cm³/mol. The molecule has 2 rings (SSSR count). The highest BCUT2D eigenvalue weighted by Gasteiger charge is 2.15. The lowest BCUT2D eigenvalue weighted by molar-refractivity contribution is -0.182. The van der Waals surface area contributed by atoms with Gasteiger partial charge in [0.05, 0.1) is 13.2 Å². The van der Waals surface area contributed by atoms with E-state index >= 15 is 0 Å². The van der Waals surface area contributed by atoms with Crippen molar-refractivity contribution < 1.29 is 9.47 Å². The molecule has 1 aromatic rings. The molecule has 0 unspecified atom stereocenters. The number of aromatic nitrogens is 2. The summed E-state index contributed by atoms with van der Waals surface area (Å²) in [6, 6.07) is 1.38. The number of ether oxygens (including phenoxy) is 2. The van der Waals surface area contributed by atoms with Gasteiger partial charge in [-0.3, -0.25) is 9.36 Å². The quantitative estimate of drug-likeness (QED) is 0.727. The Balaban J connectivity index is 2.06. The van der Waals surface area contributed by atoms with Crippen LogP contribution >= 0.6 is 0 Å². The van der Waals surface area contributed by atoms with Gasteiger partial charge in [0, 0.05) is 32.3 Å². The second-order valence-corrected chi connectivity index (χ2v) is 4.01. The smallest absolute Gasteiger partial charge is 0.330 e. The molecule has 1 fully saturated rings. The van der Waals surface area contributed by atoms with Crippen LogP contribution in [-0.4, -0.2) is 28.6 Å². The first-order valence-corrected chi connectivity index (χ1v) is 5.68. The lowest BCUT2D eigenvalue weighted by Gasteiger charge is -2.23. The van der Waals surface area contributed by atoms with Crippen molar-refractivity contribution in [2.75, 3.05) is 13.2 Å². The molecule has 0 atom stereocenters. The van der Waals surface area contributed by atoms with Gasteiger partial charge in [0.25, 0.3) is 5.56 Å². The van der Waals surface area contributed by atoms with Crippen LogP contribution in [-0.2, 0) is 23.1 Å². The Morgan fingerprint density at radius 3 is 2.76 bits per heavy atom. The normalized spacial score (nSPS) is 17.2. The summed E-state index contributed by atoms with van der Waals surface area (Å²) in [5.74, 6) is 0. The monoisotopic (exact) mass is 240 g/mol. The number of rotatable bonds is 3. The largest absolute Gasteiger partial charge is 0.353 e. The maximum atomic E-state index is 11.7. The highest BCUT2D eigenvalue weighted by atomic mass is 16.7. The summed E-state index contributed by atoms with van der Waals surface area (Å²) in [4.78, 5) is 23.2. The van der Waals surface area contributed by atoms with E-state index in [-0.39, 0.29) is 17.5 Å². The molecule has 0 radical (unpaired) electrons. The van der Waals surface area contributed by atoms with E-state index in [1.54, 1.807) is 7.05 Å². The van der Waals surface area contributed by atoms with Crippen LogP contribution < -0.4 is 11.2 Å². The predicted octanol–water partition coefficient (Wildman–Crippen LogP) is -0.300. The molecule has 0 aliphatic carbocycles. The summed E-state index contributed by atoms with van der Waals surface area (Å²) < 4.78 is 13.3. The van der Waals surface area contributed by atoms with Crippen molar-refractivity contribution in [3.8, 4) is 0 Å². The van der Waals surface area contributed by atoms with E-state index in [4.69, 9.17) is 9.47 Å². The maximum Gasteiger partial charge on any atom is 0.330 e. The fourth-order valence-electron chi connectivity index (χ4n) is 1.76. The molecule has 1 saturated heterocycles. The summed E-state index contributed by atoms with van der Waals surface area (Å²) in [5.41, 5.74) is -0.600. The Bertz CT molecular complexity index is 485. The average molecular weight is 240 g/mol. The van der Waals surface area contributed by atoms with E-state index in [1.807, 2.05) is 0 Å². The van der Waals surface area contributed by atoms with Gasteiger partial charge in [-0.25, -0.2) is 4.79 Å². The third-order valence-electron chi connectivity index (χ3n) is 2.72. The molecule has 0 bridgehead atoms. The lowest BCUT2D eigenvalue weighted by Crippen LogP contribution is -2.39. The summed E-state index contributed by atoms with van der Waals surface area (Å²) in [5, 5.41) is 0. The minimum absolute atomic E-state index is 0.288. The molecule has 6 nitrogen and oxygen atoms in total. The van der Waals surface area contributed by atoms with Crippen molar-refractivity contribution in [2.24, 2.45) is 7.05 Å². The molecule has 0 saturated carbocycles. The number of nitrogens with zero attached hydrogens (tertiary/aromatic N) is 2. The molecule has 2 heterocycles. The molecule has 1 aliphatic heterocycles. The fraction of sp³-hybridized carbons (Fsp3) is 0.636. The molecule has 17 heavy (non-hydrogen) atoms. The van der Waals surface area contributed by atoms with E-state index in [0.717, 1.165) is 6.42 Å². The highest BCUT2D eigenvalue weighted by Crippen LogP contribution is 2.08. The van der Waals surface area contributed by atoms with Crippen molar-refractivity contribution in [1.82, 2.24) is 9.13 Å². The Morgan fingerprint density at radius 1 is 1.35 bits per heavy atom. The van der Waals surface area contributed by atoms with Gasteiger partial charge in [-0.15, -0.1) is 0 Å². The van der Waals surface area contributed by atoms with E-state index in [0.29, 0.717) is 26.2 Å². The molecule has 0 spiro atoms. The van der Waals surface area contributed by atoms with E-state index in [9.17, 15) is 9.59 Å². The van der Waals surface area contributed by atoms with E-state index in [2.05, 4.69) is 0 Å². The minimum atomic E-state index is -0.312. The van der Waals surface area contributed by atoms with E-state index < -0.39 is 0 Å². The Hall–Kier alpha value is -1.40. The zero-order chi connectivity index (χ0) is 12.3. The zero-order valence-corrected chi connectivity index (χ0v) is 9.80. The second-order valence-electron chi connectivity index (χ2n) is 4.01. The van der Waals surface area contributed by atoms with Crippen LogP contribution in [0.4, 0.5) is 0 Å². The maximum absolute atomic E-state index is 11.7.